The molecule has 2 N–H and O–H groups in total. The van der Waals surface area contributed by atoms with Gasteiger partial charge < -0.3 is 10.5 Å². The van der Waals surface area contributed by atoms with Crippen LogP contribution in [0.2, 0.25) is 5.02 Å². The number of benzene rings is 2. The summed E-state index contributed by atoms with van der Waals surface area (Å²) in [4.78, 5) is 12.2. The van der Waals surface area contributed by atoms with E-state index in [1.54, 1.807) is 31.4 Å². The van der Waals surface area contributed by atoms with E-state index in [4.69, 9.17) is 22.1 Å². The summed E-state index contributed by atoms with van der Waals surface area (Å²) in [6.07, 6.45) is 0.318. The third-order valence-corrected chi connectivity index (χ3v) is 6.41. The number of nitrogens with zero attached hydrogens (tertiary/aromatic N) is 1. The number of primary amides is 1. The first-order chi connectivity index (χ1) is 13.1. The van der Waals surface area contributed by atoms with Gasteiger partial charge in [0.05, 0.1) is 12.0 Å². The van der Waals surface area contributed by atoms with Crippen LogP contribution in [0.3, 0.4) is 0 Å². The van der Waals surface area contributed by atoms with Crippen LogP contribution < -0.4 is 10.5 Å². The molecular formula is C20H25ClN2O4S. The molecule has 0 heterocycles. The number of amides is 1. The van der Waals surface area contributed by atoms with Gasteiger partial charge in [-0.25, -0.2) is 8.42 Å². The van der Waals surface area contributed by atoms with Gasteiger partial charge in [0, 0.05) is 11.6 Å². The molecule has 2 rings (SSSR count). The molecule has 1 atom stereocenters. The van der Waals surface area contributed by atoms with Crippen molar-refractivity contribution in [3.8, 4) is 5.75 Å². The Hall–Kier alpha value is -2.09. The van der Waals surface area contributed by atoms with Crippen LogP contribution in [0.1, 0.15) is 25.8 Å². The van der Waals surface area contributed by atoms with Crippen LogP contribution in [-0.4, -0.2) is 31.8 Å². The Morgan fingerprint density at radius 3 is 2.14 bits per heavy atom. The van der Waals surface area contributed by atoms with E-state index >= 15 is 0 Å². The van der Waals surface area contributed by atoms with Crippen molar-refractivity contribution in [2.75, 3.05) is 7.11 Å². The van der Waals surface area contributed by atoms with Gasteiger partial charge in [-0.15, -0.1) is 0 Å². The summed E-state index contributed by atoms with van der Waals surface area (Å²) >= 11 is 5.89. The summed E-state index contributed by atoms with van der Waals surface area (Å²) in [6, 6.07) is 11.9. The minimum atomic E-state index is -3.98. The number of methoxy groups -OCH3 is 1. The lowest BCUT2D eigenvalue weighted by atomic mass is 10.0. The highest BCUT2D eigenvalue weighted by molar-refractivity contribution is 7.89. The maximum Gasteiger partial charge on any atom is 0.244 e. The smallest absolute Gasteiger partial charge is 0.244 e. The summed E-state index contributed by atoms with van der Waals surface area (Å²) in [7, 11) is -2.43. The number of hydrogen-bond acceptors (Lipinski definition) is 4. The Balaban J connectivity index is 2.49. The van der Waals surface area contributed by atoms with Gasteiger partial charge in [-0.2, -0.15) is 4.31 Å². The maximum atomic E-state index is 13.3. The normalized spacial score (nSPS) is 12.9. The van der Waals surface area contributed by atoms with Crippen LogP contribution in [0.15, 0.2) is 53.4 Å². The van der Waals surface area contributed by atoms with Gasteiger partial charge in [0.25, 0.3) is 0 Å². The van der Waals surface area contributed by atoms with E-state index in [1.165, 1.54) is 28.6 Å². The van der Waals surface area contributed by atoms with Crippen LogP contribution in [0, 0.1) is 5.92 Å². The van der Waals surface area contributed by atoms with Crippen molar-refractivity contribution in [1.82, 2.24) is 4.31 Å². The van der Waals surface area contributed by atoms with Crippen LogP contribution >= 0.6 is 11.6 Å². The SMILES string of the molecule is COc1ccc(CN([C@@H](CC(C)C)C(N)=O)S(=O)(=O)c2ccc(Cl)cc2)cc1. The molecule has 0 saturated heterocycles. The highest BCUT2D eigenvalue weighted by atomic mass is 35.5. The molecule has 0 aromatic heterocycles. The van der Waals surface area contributed by atoms with Crippen LogP contribution in [0.4, 0.5) is 0 Å². The quantitative estimate of drug-likeness (QED) is 0.667. The minimum Gasteiger partial charge on any atom is -0.497 e. The molecule has 0 radical (unpaired) electrons. The molecule has 8 heteroatoms. The molecule has 0 aliphatic carbocycles. The zero-order valence-corrected chi connectivity index (χ0v) is 17.7. The van der Waals surface area contributed by atoms with Crippen LogP contribution in [-0.2, 0) is 21.4 Å². The van der Waals surface area contributed by atoms with E-state index in [0.717, 1.165) is 0 Å². The van der Waals surface area contributed by atoms with Crippen molar-refractivity contribution in [2.24, 2.45) is 11.7 Å². The summed E-state index contributed by atoms with van der Waals surface area (Å²) in [6.45, 7) is 3.84. The first kappa shape index (κ1) is 22.2. The van der Waals surface area contributed by atoms with Crippen molar-refractivity contribution in [3.05, 3.63) is 59.1 Å². The summed E-state index contributed by atoms with van der Waals surface area (Å²) < 4.78 is 33.0. The second-order valence-corrected chi connectivity index (χ2v) is 9.23. The molecule has 2 aromatic rings. The highest BCUT2D eigenvalue weighted by Crippen LogP contribution is 2.26. The molecular weight excluding hydrogens is 400 g/mol. The van der Waals surface area contributed by atoms with Crippen molar-refractivity contribution < 1.29 is 17.9 Å². The molecule has 0 bridgehead atoms. The van der Waals surface area contributed by atoms with E-state index in [0.29, 0.717) is 22.8 Å². The van der Waals surface area contributed by atoms with Crippen molar-refractivity contribution in [3.63, 3.8) is 0 Å². The lowest BCUT2D eigenvalue weighted by molar-refractivity contribution is -0.122. The van der Waals surface area contributed by atoms with Gasteiger partial charge in [-0.05, 0) is 54.3 Å². The topological polar surface area (TPSA) is 89.7 Å². The molecule has 152 valence electrons. The molecule has 0 spiro atoms. The van der Waals surface area contributed by atoms with E-state index in [9.17, 15) is 13.2 Å². The second-order valence-electron chi connectivity index (χ2n) is 6.90. The fraction of sp³-hybridized carbons (Fsp3) is 0.350. The molecule has 0 aliphatic rings. The fourth-order valence-electron chi connectivity index (χ4n) is 2.84. The molecule has 28 heavy (non-hydrogen) atoms. The lowest BCUT2D eigenvalue weighted by Gasteiger charge is -2.30. The number of carbonyl (C=O) groups is 1. The third-order valence-electron chi connectivity index (χ3n) is 4.29. The lowest BCUT2D eigenvalue weighted by Crippen LogP contribution is -2.48. The molecule has 1 amide bonds. The van der Waals surface area contributed by atoms with E-state index < -0.39 is 22.0 Å². The van der Waals surface area contributed by atoms with Gasteiger partial charge in [-0.3, -0.25) is 4.79 Å². The van der Waals surface area contributed by atoms with Crippen LogP contribution in [0.25, 0.3) is 0 Å². The number of sulfonamides is 1. The number of ether oxygens (including phenoxy) is 1. The Morgan fingerprint density at radius 1 is 1.11 bits per heavy atom. The third kappa shape index (κ3) is 5.47. The number of hydrogen-bond donors (Lipinski definition) is 1. The van der Waals surface area contributed by atoms with Gasteiger partial charge in [0.15, 0.2) is 0 Å². The van der Waals surface area contributed by atoms with Gasteiger partial charge in [0.1, 0.15) is 11.8 Å². The van der Waals surface area contributed by atoms with Gasteiger partial charge in [0.2, 0.25) is 15.9 Å². The average molecular weight is 425 g/mol. The second kappa shape index (κ2) is 9.41. The van der Waals surface area contributed by atoms with Gasteiger partial charge in [-0.1, -0.05) is 37.6 Å². The van der Waals surface area contributed by atoms with E-state index in [2.05, 4.69) is 0 Å². The van der Waals surface area contributed by atoms with Crippen molar-refractivity contribution >= 4 is 27.5 Å². The fourth-order valence-corrected chi connectivity index (χ4v) is 4.56. The first-order valence-electron chi connectivity index (χ1n) is 8.84. The monoisotopic (exact) mass is 424 g/mol. The van der Waals surface area contributed by atoms with Crippen molar-refractivity contribution in [1.29, 1.82) is 0 Å². The molecule has 0 fully saturated rings. The van der Waals surface area contributed by atoms with Gasteiger partial charge >= 0.3 is 0 Å². The molecule has 0 saturated carbocycles. The summed E-state index contributed by atoms with van der Waals surface area (Å²) in [5.41, 5.74) is 6.31. The molecule has 2 aromatic carbocycles. The predicted octanol–water partition coefficient (Wildman–Crippen LogP) is 3.44. The summed E-state index contributed by atoms with van der Waals surface area (Å²) in [5, 5.41) is 0.425. The predicted molar refractivity (Wildman–Crippen MR) is 110 cm³/mol. The Labute approximate surface area is 171 Å². The Morgan fingerprint density at radius 2 is 1.68 bits per heavy atom. The van der Waals surface area contributed by atoms with E-state index in [1.807, 2.05) is 13.8 Å². The zero-order chi connectivity index (χ0) is 20.9. The highest BCUT2D eigenvalue weighted by Gasteiger charge is 2.35. The maximum absolute atomic E-state index is 13.3. The largest absolute Gasteiger partial charge is 0.497 e. The van der Waals surface area contributed by atoms with E-state index in [-0.39, 0.29) is 17.4 Å². The minimum absolute atomic E-state index is 0.00921. The summed E-state index contributed by atoms with van der Waals surface area (Å²) in [5.74, 6) is 0.0560. The molecule has 0 aliphatic heterocycles. The van der Waals surface area contributed by atoms with Crippen LogP contribution in [0.5, 0.6) is 5.75 Å². The number of carbonyl (C=O) groups excluding carboxylic acids is 1. The Kier molecular flexibility index (Phi) is 7.46. The number of nitrogens with two attached hydrogens (primary N) is 1. The number of rotatable bonds is 9. The molecule has 6 nitrogen and oxygen atoms in total. The Bertz CT molecular complexity index is 897. The first-order valence-corrected chi connectivity index (χ1v) is 10.7. The standard InChI is InChI=1S/C20H25ClN2O4S/c1-14(2)12-19(20(22)24)23(13-15-4-8-17(27-3)9-5-15)28(25,26)18-10-6-16(21)7-11-18/h4-11,14,19H,12-13H2,1-3H3,(H2,22,24)/t19-/m0/s1. The zero-order valence-electron chi connectivity index (χ0n) is 16.1. The average Bonchev–Trinajstić information content (AvgIpc) is 2.65. The molecule has 0 unspecified atom stereocenters. The number of halogens is 1. The van der Waals surface area contributed by atoms with Crippen molar-refractivity contribution in [2.45, 2.75) is 37.8 Å².